The molecule has 0 saturated heterocycles. The van der Waals surface area contributed by atoms with Crippen molar-refractivity contribution in [3.8, 4) is 0 Å². The van der Waals surface area contributed by atoms with Gasteiger partial charge in [-0.3, -0.25) is 9.59 Å². The quantitative estimate of drug-likeness (QED) is 0.777. The molecule has 1 amide bonds. The molecule has 0 bridgehead atoms. The number of anilines is 1. The summed E-state index contributed by atoms with van der Waals surface area (Å²) < 4.78 is 0. The normalized spacial score (nSPS) is 11.9. The first-order valence-electron chi connectivity index (χ1n) is 9.24. The first kappa shape index (κ1) is 19.2. The molecule has 2 aromatic rings. The average molecular weight is 342 g/mol. The van der Waals surface area contributed by atoms with Gasteiger partial charge in [0, 0.05) is 23.1 Å². The molecular weight excluding hydrogens is 312 g/mol. The predicted octanol–water partition coefficient (Wildman–Crippen LogP) is 4.98. The second kappa shape index (κ2) is 7.85. The first-order chi connectivity index (χ1) is 11.8. The van der Waals surface area contributed by atoms with Gasteiger partial charge in [-0.25, -0.2) is 0 Å². The Bertz CT molecular complexity index is 794. The number of nitrogens with one attached hydrogen (secondary N) is 2. The molecular formula is C21H30N2O2. The highest BCUT2D eigenvalue weighted by Gasteiger charge is 2.19. The molecule has 2 N–H and O–H groups in total. The molecule has 0 saturated carbocycles. The van der Waals surface area contributed by atoms with Crippen LogP contribution < -0.4 is 10.9 Å². The number of rotatable bonds is 6. The van der Waals surface area contributed by atoms with Gasteiger partial charge in [0.05, 0.1) is 5.52 Å². The van der Waals surface area contributed by atoms with Gasteiger partial charge in [-0.15, -0.1) is 0 Å². The van der Waals surface area contributed by atoms with Crippen LogP contribution in [0.15, 0.2) is 29.1 Å². The molecule has 1 aromatic heterocycles. The highest BCUT2D eigenvalue weighted by atomic mass is 16.2. The predicted molar refractivity (Wildman–Crippen MR) is 105 cm³/mol. The van der Waals surface area contributed by atoms with Crippen molar-refractivity contribution in [3.63, 3.8) is 0 Å². The van der Waals surface area contributed by atoms with Gasteiger partial charge in [-0.2, -0.15) is 0 Å². The van der Waals surface area contributed by atoms with Gasteiger partial charge in [0.15, 0.2) is 0 Å². The number of H-pyrrole nitrogens is 1. The van der Waals surface area contributed by atoms with E-state index in [4.69, 9.17) is 0 Å². The Kier molecular flexibility index (Phi) is 6.04. The molecule has 4 nitrogen and oxygen atoms in total. The minimum atomic E-state index is -0.120. The summed E-state index contributed by atoms with van der Waals surface area (Å²) in [6, 6.07) is 7.43. The van der Waals surface area contributed by atoms with E-state index in [1.54, 1.807) is 6.07 Å². The zero-order chi connectivity index (χ0) is 18.6. The van der Waals surface area contributed by atoms with E-state index in [-0.39, 0.29) is 22.8 Å². The first-order valence-corrected chi connectivity index (χ1v) is 9.24. The van der Waals surface area contributed by atoms with Crippen LogP contribution in [0.1, 0.15) is 65.9 Å². The highest BCUT2D eigenvalue weighted by Crippen LogP contribution is 2.29. The minimum Gasteiger partial charge on any atom is -0.326 e. The number of amides is 1. The van der Waals surface area contributed by atoms with Crippen molar-refractivity contribution < 1.29 is 4.79 Å². The minimum absolute atomic E-state index is 0.0469. The monoisotopic (exact) mass is 342 g/mol. The molecule has 0 spiro atoms. The Morgan fingerprint density at radius 3 is 2.32 bits per heavy atom. The summed E-state index contributed by atoms with van der Waals surface area (Å²) in [4.78, 5) is 27.4. The number of carbonyl (C=O) groups excluding carboxylic acids is 1. The molecule has 25 heavy (non-hydrogen) atoms. The number of hydrogen-bond donors (Lipinski definition) is 2. The van der Waals surface area contributed by atoms with Gasteiger partial charge in [0.1, 0.15) is 0 Å². The number of fused-ring (bicyclic) bond motifs is 1. The van der Waals surface area contributed by atoms with Gasteiger partial charge in [0.2, 0.25) is 11.5 Å². The summed E-state index contributed by atoms with van der Waals surface area (Å²) in [5.74, 6) is 0.114. The lowest BCUT2D eigenvalue weighted by Crippen LogP contribution is -2.23. The molecule has 4 heteroatoms. The zero-order valence-corrected chi connectivity index (χ0v) is 16.0. The van der Waals surface area contributed by atoms with Crippen LogP contribution in [0.3, 0.4) is 0 Å². The van der Waals surface area contributed by atoms with Crippen molar-refractivity contribution in [2.45, 2.75) is 65.7 Å². The average Bonchev–Trinajstić information content (AvgIpc) is 2.52. The van der Waals surface area contributed by atoms with Crippen molar-refractivity contribution >= 4 is 22.5 Å². The lowest BCUT2D eigenvalue weighted by molar-refractivity contribution is -0.120. The maximum atomic E-state index is 12.5. The summed E-state index contributed by atoms with van der Waals surface area (Å²) >= 11 is 0. The third-order valence-electron chi connectivity index (χ3n) is 4.56. The number of hydrogen-bond acceptors (Lipinski definition) is 2. The van der Waals surface area contributed by atoms with Crippen LogP contribution in [-0.2, 0) is 10.2 Å². The van der Waals surface area contributed by atoms with Gasteiger partial charge in [-0.05, 0) is 36.0 Å². The van der Waals surface area contributed by atoms with Crippen LogP contribution in [0.4, 0.5) is 5.69 Å². The highest BCUT2D eigenvalue weighted by molar-refractivity contribution is 5.95. The topological polar surface area (TPSA) is 62.0 Å². The van der Waals surface area contributed by atoms with Crippen molar-refractivity contribution in [3.05, 3.63) is 40.2 Å². The van der Waals surface area contributed by atoms with Crippen molar-refractivity contribution in [1.29, 1.82) is 0 Å². The number of aromatic amines is 1. The second-order valence-electron chi connectivity index (χ2n) is 7.82. The third kappa shape index (κ3) is 4.71. The Balaban J connectivity index is 2.35. The number of benzene rings is 1. The molecule has 0 atom stereocenters. The largest absolute Gasteiger partial charge is 0.326 e. The molecule has 1 aromatic carbocycles. The SMILES string of the molecule is CCCC(CCC)C(=O)Nc1ccc2c(C(C)(C)C)cc(=O)[nH]c2c1. The van der Waals surface area contributed by atoms with Crippen LogP contribution in [0.25, 0.3) is 10.9 Å². The Morgan fingerprint density at radius 2 is 1.76 bits per heavy atom. The molecule has 0 aliphatic carbocycles. The van der Waals surface area contributed by atoms with E-state index >= 15 is 0 Å². The fourth-order valence-corrected chi connectivity index (χ4v) is 3.31. The van der Waals surface area contributed by atoms with Crippen LogP contribution in [0.2, 0.25) is 0 Å². The van der Waals surface area contributed by atoms with Gasteiger partial charge in [-0.1, -0.05) is 53.5 Å². The third-order valence-corrected chi connectivity index (χ3v) is 4.56. The molecule has 0 radical (unpaired) electrons. The summed E-state index contributed by atoms with van der Waals surface area (Å²) in [5, 5.41) is 4.04. The zero-order valence-electron chi connectivity index (χ0n) is 16.0. The van der Waals surface area contributed by atoms with E-state index in [0.717, 1.165) is 47.8 Å². The van der Waals surface area contributed by atoms with Crippen LogP contribution in [0, 0.1) is 5.92 Å². The van der Waals surface area contributed by atoms with E-state index in [2.05, 4.69) is 44.9 Å². The molecule has 1 heterocycles. The lowest BCUT2D eigenvalue weighted by atomic mass is 9.85. The van der Waals surface area contributed by atoms with E-state index in [0.29, 0.717) is 0 Å². The van der Waals surface area contributed by atoms with E-state index < -0.39 is 0 Å². The maximum absolute atomic E-state index is 12.5. The second-order valence-corrected chi connectivity index (χ2v) is 7.82. The van der Waals surface area contributed by atoms with E-state index in [1.165, 1.54) is 0 Å². The summed E-state index contributed by atoms with van der Waals surface area (Å²) in [6.45, 7) is 10.5. The van der Waals surface area contributed by atoms with Crippen LogP contribution in [0.5, 0.6) is 0 Å². The van der Waals surface area contributed by atoms with Crippen molar-refractivity contribution in [2.24, 2.45) is 5.92 Å². The molecule has 136 valence electrons. The Morgan fingerprint density at radius 1 is 1.12 bits per heavy atom. The van der Waals surface area contributed by atoms with Crippen LogP contribution in [-0.4, -0.2) is 10.9 Å². The molecule has 0 unspecified atom stereocenters. The standard InChI is InChI=1S/C21H30N2O2/c1-6-8-14(9-7-2)20(25)22-15-10-11-16-17(21(3,4)5)13-19(24)23-18(16)12-15/h10-14H,6-9H2,1-5H3,(H,22,25)(H,23,24). The lowest BCUT2D eigenvalue weighted by Gasteiger charge is -2.21. The molecule has 0 aliphatic heterocycles. The fourth-order valence-electron chi connectivity index (χ4n) is 3.31. The van der Waals surface area contributed by atoms with E-state index in [9.17, 15) is 9.59 Å². The molecule has 0 aliphatic rings. The Hall–Kier alpha value is -2.10. The van der Waals surface area contributed by atoms with Gasteiger partial charge in [0.25, 0.3) is 0 Å². The fraction of sp³-hybridized carbons (Fsp3) is 0.524. The van der Waals surface area contributed by atoms with Gasteiger partial charge < -0.3 is 10.3 Å². The summed E-state index contributed by atoms with van der Waals surface area (Å²) in [6.07, 6.45) is 3.80. The smallest absolute Gasteiger partial charge is 0.248 e. The summed E-state index contributed by atoms with van der Waals surface area (Å²) in [7, 11) is 0. The number of pyridine rings is 1. The maximum Gasteiger partial charge on any atom is 0.248 e. The van der Waals surface area contributed by atoms with Gasteiger partial charge >= 0.3 is 0 Å². The van der Waals surface area contributed by atoms with Crippen LogP contribution >= 0.6 is 0 Å². The molecule has 0 fully saturated rings. The Labute approximate surface area is 150 Å². The molecule has 2 rings (SSSR count). The van der Waals surface area contributed by atoms with Crippen molar-refractivity contribution in [2.75, 3.05) is 5.32 Å². The van der Waals surface area contributed by atoms with Crippen molar-refractivity contribution in [1.82, 2.24) is 4.98 Å². The number of carbonyl (C=O) groups is 1. The van der Waals surface area contributed by atoms with E-state index in [1.807, 2.05) is 18.2 Å². The summed E-state index contributed by atoms with van der Waals surface area (Å²) in [5.41, 5.74) is 2.27. The number of aromatic nitrogens is 1.